The summed E-state index contributed by atoms with van der Waals surface area (Å²) >= 11 is 0. The van der Waals surface area contributed by atoms with E-state index in [-0.39, 0.29) is 17.9 Å². The molecule has 0 aliphatic heterocycles. The maximum absolute atomic E-state index is 12.9. The molecule has 0 bridgehead atoms. The van der Waals surface area contributed by atoms with E-state index in [0.717, 1.165) is 6.07 Å². The van der Waals surface area contributed by atoms with Gasteiger partial charge in [-0.1, -0.05) is 18.2 Å². The van der Waals surface area contributed by atoms with Crippen molar-refractivity contribution >= 4 is 0 Å². The van der Waals surface area contributed by atoms with Crippen LogP contribution in [0.3, 0.4) is 0 Å². The molecule has 0 aliphatic rings. The number of rotatable bonds is 2. The first kappa shape index (κ1) is 12.6. The highest BCUT2D eigenvalue weighted by atomic mass is 19.4. The van der Waals surface area contributed by atoms with Gasteiger partial charge in [0.05, 0.1) is 17.5 Å². The van der Waals surface area contributed by atoms with Gasteiger partial charge in [-0.25, -0.2) is 4.98 Å². The number of hydrogen-bond donors (Lipinski definition) is 1. The normalized spacial score (nSPS) is 11.8. The van der Waals surface area contributed by atoms with Gasteiger partial charge in [0.1, 0.15) is 5.82 Å². The Morgan fingerprint density at radius 2 is 1.94 bits per heavy atom. The zero-order chi connectivity index (χ0) is 13.3. The standard InChI is InChI=1S/C12H12F3N3/c1-18-8(6-16)7-17-11(18)9-4-2-3-5-10(9)12(13,14)15/h2-5,7H,6,16H2,1H3. The summed E-state index contributed by atoms with van der Waals surface area (Å²) in [5, 5.41) is 0. The van der Waals surface area contributed by atoms with Gasteiger partial charge in [-0.15, -0.1) is 0 Å². The largest absolute Gasteiger partial charge is 0.417 e. The quantitative estimate of drug-likeness (QED) is 0.896. The van der Waals surface area contributed by atoms with Crippen LogP contribution >= 0.6 is 0 Å². The molecule has 2 aromatic rings. The van der Waals surface area contributed by atoms with Crippen molar-refractivity contribution in [3.63, 3.8) is 0 Å². The summed E-state index contributed by atoms with van der Waals surface area (Å²) in [5.41, 5.74) is 5.54. The summed E-state index contributed by atoms with van der Waals surface area (Å²) in [5.74, 6) is 0.267. The zero-order valence-corrected chi connectivity index (χ0v) is 9.70. The van der Waals surface area contributed by atoms with Crippen molar-refractivity contribution in [1.29, 1.82) is 0 Å². The van der Waals surface area contributed by atoms with Gasteiger partial charge in [-0.3, -0.25) is 0 Å². The number of nitrogens with zero attached hydrogens (tertiary/aromatic N) is 2. The molecule has 0 saturated heterocycles. The summed E-state index contributed by atoms with van der Waals surface area (Å²) in [6, 6.07) is 5.37. The van der Waals surface area contributed by atoms with Crippen molar-refractivity contribution in [2.24, 2.45) is 12.8 Å². The fraction of sp³-hybridized carbons (Fsp3) is 0.250. The predicted molar refractivity (Wildman–Crippen MR) is 61.5 cm³/mol. The Labute approximate surface area is 102 Å². The van der Waals surface area contributed by atoms with Gasteiger partial charge >= 0.3 is 6.18 Å². The van der Waals surface area contributed by atoms with Gasteiger partial charge in [-0.05, 0) is 6.07 Å². The molecule has 18 heavy (non-hydrogen) atoms. The lowest BCUT2D eigenvalue weighted by Gasteiger charge is -2.12. The summed E-state index contributed by atoms with van der Waals surface area (Å²) < 4.78 is 40.3. The van der Waals surface area contributed by atoms with E-state index in [1.165, 1.54) is 18.3 Å². The number of alkyl halides is 3. The molecular weight excluding hydrogens is 243 g/mol. The number of benzene rings is 1. The molecule has 0 amide bonds. The Balaban J connectivity index is 2.61. The van der Waals surface area contributed by atoms with Crippen LogP contribution in [0, 0.1) is 0 Å². The molecule has 1 aromatic heterocycles. The van der Waals surface area contributed by atoms with Gasteiger partial charge in [-0.2, -0.15) is 13.2 Å². The first-order chi connectivity index (χ1) is 8.45. The summed E-state index contributed by atoms with van der Waals surface area (Å²) in [6.07, 6.45) is -2.91. The zero-order valence-electron chi connectivity index (χ0n) is 9.70. The summed E-state index contributed by atoms with van der Waals surface area (Å²) in [4.78, 5) is 4.01. The van der Waals surface area contributed by atoms with E-state index in [9.17, 15) is 13.2 Å². The van der Waals surface area contributed by atoms with Crippen molar-refractivity contribution in [1.82, 2.24) is 9.55 Å². The summed E-state index contributed by atoms with van der Waals surface area (Å²) in [7, 11) is 1.65. The molecule has 1 aromatic carbocycles. The molecule has 0 fully saturated rings. The van der Waals surface area contributed by atoms with Gasteiger partial charge in [0, 0.05) is 19.2 Å². The molecule has 0 spiro atoms. The van der Waals surface area contributed by atoms with E-state index >= 15 is 0 Å². The van der Waals surface area contributed by atoms with Crippen molar-refractivity contribution in [3.8, 4) is 11.4 Å². The van der Waals surface area contributed by atoms with Crippen LogP contribution in [-0.4, -0.2) is 9.55 Å². The molecule has 2 N–H and O–H groups in total. The second-order valence-electron chi connectivity index (χ2n) is 3.88. The molecule has 0 unspecified atom stereocenters. The Kier molecular flexibility index (Phi) is 3.13. The monoisotopic (exact) mass is 255 g/mol. The van der Waals surface area contributed by atoms with Crippen molar-refractivity contribution < 1.29 is 13.2 Å². The molecule has 0 saturated carbocycles. The molecule has 2 rings (SSSR count). The minimum Gasteiger partial charge on any atom is -0.330 e. The van der Waals surface area contributed by atoms with Crippen LogP contribution in [0.5, 0.6) is 0 Å². The highest BCUT2D eigenvalue weighted by molar-refractivity contribution is 5.62. The second-order valence-corrected chi connectivity index (χ2v) is 3.88. The highest BCUT2D eigenvalue weighted by Gasteiger charge is 2.34. The molecule has 0 atom stereocenters. The fourth-order valence-electron chi connectivity index (χ4n) is 1.81. The third-order valence-corrected chi connectivity index (χ3v) is 2.77. The Bertz CT molecular complexity index is 558. The fourth-order valence-corrected chi connectivity index (χ4v) is 1.81. The van der Waals surface area contributed by atoms with Crippen molar-refractivity contribution in [2.75, 3.05) is 0 Å². The van der Waals surface area contributed by atoms with Crippen LogP contribution in [0.2, 0.25) is 0 Å². The van der Waals surface area contributed by atoms with Gasteiger partial charge in [0.2, 0.25) is 0 Å². The van der Waals surface area contributed by atoms with E-state index in [0.29, 0.717) is 5.69 Å². The van der Waals surface area contributed by atoms with Crippen molar-refractivity contribution in [3.05, 3.63) is 41.7 Å². The number of nitrogens with two attached hydrogens (primary N) is 1. The van der Waals surface area contributed by atoms with Crippen molar-refractivity contribution in [2.45, 2.75) is 12.7 Å². The molecule has 3 nitrogen and oxygen atoms in total. The number of imidazole rings is 1. The first-order valence-corrected chi connectivity index (χ1v) is 5.32. The molecule has 96 valence electrons. The maximum atomic E-state index is 12.9. The Morgan fingerprint density at radius 1 is 1.28 bits per heavy atom. The SMILES string of the molecule is Cn1c(CN)cnc1-c1ccccc1C(F)(F)F. The van der Waals surface area contributed by atoms with E-state index in [2.05, 4.69) is 4.98 Å². The van der Waals surface area contributed by atoms with Crippen LogP contribution < -0.4 is 5.73 Å². The van der Waals surface area contributed by atoms with Crippen LogP contribution in [0.4, 0.5) is 13.2 Å². The Hall–Kier alpha value is -1.82. The molecule has 1 heterocycles. The van der Waals surface area contributed by atoms with E-state index < -0.39 is 11.7 Å². The predicted octanol–water partition coefficient (Wildman–Crippen LogP) is 2.56. The highest BCUT2D eigenvalue weighted by Crippen LogP contribution is 2.36. The Morgan fingerprint density at radius 3 is 2.50 bits per heavy atom. The number of halogens is 3. The number of hydrogen-bond acceptors (Lipinski definition) is 2. The lowest BCUT2D eigenvalue weighted by Crippen LogP contribution is -2.09. The molecule has 0 radical (unpaired) electrons. The van der Waals surface area contributed by atoms with Gasteiger partial charge < -0.3 is 10.3 Å². The van der Waals surface area contributed by atoms with E-state index in [4.69, 9.17) is 5.73 Å². The van der Waals surface area contributed by atoms with E-state index in [1.807, 2.05) is 0 Å². The van der Waals surface area contributed by atoms with Crippen LogP contribution in [0.25, 0.3) is 11.4 Å². The summed E-state index contributed by atoms with van der Waals surface area (Å²) in [6.45, 7) is 0.234. The lowest BCUT2D eigenvalue weighted by atomic mass is 10.1. The first-order valence-electron chi connectivity index (χ1n) is 5.32. The molecule has 0 aliphatic carbocycles. The molecular formula is C12H12F3N3. The minimum absolute atomic E-state index is 0.0622. The van der Waals surface area contributed by atoms with E-state index in [1.54, 1.807) is 17.7 Å². The average Bonchev–Trinajstić information content (AvgIpc) is 2.69. The molecule has 6 heteroatoms. The lowest BCUT2D eigenvalue weighted by molar-refractivity contribution is -0.137. The topological polar surface area (TPSA) is 43.8 Å². The van der Waals surface area contributed by atoms with Crippen LogP contribution in [0.15, 0.2) is 30.5 Å². The van der Waals surface area contributed by atoms with Crippen LogP contribution in [-0.2, 0) is 19.8 Å². The average molecular weight is 255 g/mol. The maximum Gasteiger partial charge on any atom is 0.417 e. The number of aromatic nitrogens is 2. The third kappa shape index (κ3) is 2.11. The minimum atomic E-state index is -4.40. The second kappa shape index (κ2) is 4.45. The van der Waals surface area contributed by atoms with Gasteiger partial charge in [0.15, 0.2) is 0 Å². The van der Waals surface area contributed by atoms with Crippen LogP contribution in [0.1, 0.15) is 11.3 Å². The smallest absolute Gasteiger partial charge is 0.330 e. The third-order valence-electron chi connectivity index (χ3n) is 2.77. The van der Waals surface area contributed by atoms with Gasteiger partial charge in [0.25, 0.3) is 0 Å².